The topological polar surface area (TPSA) is 21.7 Å². The molecule has 1 heterocycles. The molecule has 0 aromatic heterocycles. The monoisotopic (exact) mass is 553 g/mol. The van der Waals surface area contributed by atoms with Gasteiger partial charge in [-0.3, -0.25) is 0 Å². The number of nitrogens with zero attached hydrogens (tertiary/aromatic N) is 1. The van der Waals surface area contributed by atoms with Gasteiger partial charge in [-0.05, 0) is 96.2 Å². The zero-order chi connectivity index (χ0) is 30.1. The Hall–Kier alpha value is -2.88. The van der Waals surface area contributed by atoms with E-state index in [1.165, 1.54) is 55.4 Å². The first-order chi connectivity index (χ1) is 19.4. The number of fused-ring (bicyclic) bond motifs is 3. The molecule has 1 aliphatic rings. The van der Waals surface area contributed by atoms with E-state index in [0.29, 0.717) is 6.61 Å². The van der Waals surface area contributed by atoms with Crippen molar-refractivity contribution in [3.8, 4) is 0 Å². The van der Waals surface area contributed by atoms with Crippen LogP contribution in [0.15, 0.2) is 60.7 Å². The molecule has 3 aromatic rings. The predicted molar refractivity (Wildman–Crippen MR) is 177 cm³/mol. The van der Waals surface area contributed by atoms with Gasteiger partial charge in [0.25, 0.3) is 0 Å². The summed E-state index contributed by atoms with van der Waals surface area (Å²) < 4.78 is 11.9. The maximum absolute atomic E-state index is 6.05. The standard InChI is InChI=1S/C38H51NO2/c1-12-13-16-25(2)31-23-32(37(5,6)7)29-17-14-15-18-30(29)36(31)38(8)20-19-28-21-26(3)35(27(4)41-11)33(22-28)39(9)34(38)24-40-10/h12-18,21-23,27,34H,19-20,24H2,1-11H3/b13-12-,25-16+. The Morgan fingerprint density at radius 2 is 1.80 bits per heavy atom. The van der Waals surface area contributed by atoms with Crippen LogP contribution in [-0.4, -0.2) is 33.9 Å². The third kappa shape index (κ3) is 5.76. The summed E-state index contributed by atoms with van der Waals surface area (Å²) in [4.78, 5) is 2.49. The van der Waals surface area contributed by atoms with E-state index in [-0.39, 0.29) is 23.0 Å². The average Bonchev–Trinajstić information content (AvgIpc) is 2.94. The molecule has 0 saturated heterocycles. The summed E-state index contributed by atoms with van der Waals surface area (Å²) in [5.41, 5.74) is 10.5. The van der Waals surface area contributed by atoms with Crippen molar-refractivity contribution in [2.45, 2.75) is 91.2 Å². The van der Waals surface area contributed by atoms with Gasteiger partial charge in [-0.1, -0.05) is 82.3 Å². The normalized spacial score (nSPS) is 20.9. The van der Waals surface area contributed by atoms with Gasteiger partial charge < -0.3 is 14.4 Å². The maximum atomic E-state index is 6.05. The number of ether oxygens (including phenoxy) is 2. The number of anilines is 1. The lowest BCUT2D eigenvalue weighted by Crippen LogP contribution is -2.52. The van der Waals surface area contributed by atoms with Gasteiger partial charge in [-0.25, -0.2) is 0 Å². The second-order valence-electron chi connectivity index (χ2n) is 13.2. The zero-order valence-corrected chi connectivity index (χ0v) is 27.3. The molecule has 0 fully saturated rings. The Morgan fingerprint density at radius 3 is 2.41 bits per heavy atom. The highest BCUT2D eigenvalue weighted by Crippen LogP contribution is 2.48. The fourth-order valence-electron chi connectivity index (χ4n) is 7.10. The van der Waals surface area contributed by atoms with Crippen LogP contribution in [0.25, 0.3) is 16.3 Å². The maximum Gasteiger partial charge on any atom is 0.0815 e. The van der Waals surface area contributed by atoms with E-state index < -0.39 is 0 Å². The van der Waals surface area contributed by atoms with Crippen molar-refractivity contribution < 1.29 is 9.47 Å². The lowest BCUT2D eigenvalue weighted by molar-refractivity contribution is 0.118. The van der Waals surface area contributed by atoms with Crippen molar-refractivity contribution in [3.63, 3.8) is 0 Å². The second kappa shape index (κ2) is 12.2. The van der Waals surface area contributed by atoms with E-state index in [9.17, 15) is 0 Å². The molecule has 4 rings (SSSR count). The van der Waals surface area contributed by atoms with Gasteiger partial charge in [0, 0.05) is 37.9 Å². The summed E-state index contributed by atoms with van der Waals surface area (Å²) in [6.07, 6.45) is 8.57. The smallest absolute Gasteiger partial charge is 0.0815 e. The third-order valence-electron chi connectivity index (χ3n) is 9.41. The highest BCUT2D eigenvalue weighted by molar-refractivity contribution is 5.95. The largest absolute Gasteiger partial charge is 0.383 e. The number of hydrogen-bond donors (Lipinski definition) is 0. The number of rotatable bonds is 7. The Morgan fingerprint density at radius 1 is 1.12 bits per heavy atom. The molecule has 3 atom stereocenters. The minimum absolute atomic E-state index is 0.00356. The van der Waals surface area contributed by atoms with Crippen molar-refractivity contribution in [2.75, 3.05) is 32.8 Å². The summed E-state index contributed by atoms with van der Waals surface area (Å²) in [5, 5.41) is 2.70. The molecule has 220 valence electrons. The lowest BCUT2D eigenvalue weighted by atomic mass is 9.65. The Kier molecular flexibility index (Phi) is 9.21. The molecular weight excluding hydrogens is 502 g/mol. The van der Waals surface area contributed by atoms with Crippen LogP contribution in [0.3, 0.4) is 0 Å². The highest BCUT2D eigenvalue weighted by Gasteiger charge is 2.43. The molecule has 3 nitrogen and oxygen atoms in total. The molecule has 3 heteroatoms. The van der Waals surface area contributed by atoms with E-state index in [1.54, 1.807) is 7.11 Å². The first-order valence-corrected chi connectivity index (χ1v) is 15.1. The molecule has 0 N–H and O–H groups in total. The molecule has 0 spiro atoms. The molecule has 0 amide bonds. The van der Waals surface area contributed by atoms with Crippen LogP contribution in [0.2, 0.25) is 0 Å². The van der Waals surface area contributed by atoms with Crippen LogP contribution in [0, 0.1) is 6.92 Å². The van der Waals surface area contributed by atoms with E-state index in [2.05, 4.69) is 128 Å². The molecular formula is C38H51NO2. The van der Waals surface area contributed by atoms with Crippen molar-refractivity contribution >= 4 is 22.0 Å². The summed E-state index contributed by atoms with van der Waals surface area (Å²) >= 11 is 0. The molecule has 0 radical (unpaired) electrons. The fourth-order valence-corrected chi connectivity index (χ4v) is 7.10. The van der Waals surface area contributed by atoms with Crippen LogP contribution in [-0.2, 0) is 26.7 Å². The van der Waals surface area contributed by atoms with E-state index in [1.807, 2.05) is 7.11 Å². The van der Waals surface area contributed by atoms with Crippen LogP contribution in [0.4, 0.5) is 5.69 Å². The van der Waals surface area contributed by atoms with Crippen molar-refractivity contribution in [1.29, 1.82) is 0 Å². The summed E-state index contributed by atoms with van der Waals surface area (Å²) in [6, 6.07) is 16.4. The van der Waals surface area contributed by atoms with Crippen LogP contribution in [0.5, 0.6) is 0 Å². The predicted octanol–water partition coefficient (Wildman–Crippen LogP) is 9.49. The molecule has 0 saturated carbocycles. The minimum Gasteiger partial charge on any atom is -0.383 e. The van der Waals surface area contributed by atoms with Gasteiger partial charge in [-0.2, -0.15) is 0 Å². The van der Waals surface area contributed by atoms with E-state index in [4.69, 9.17) is 9.47 Å². The number of benzene rings is 3. The summed E-state index contributed by atoms with van der Waals surface area (Å²) in [6.45, 7) is 18.8. The average molecular weight is 554 g/mol. The SMILES string of the molecule is C/C=C\C=C(/C)c1cc(C(C)(C)C)c2ccccc2c1C1(C)CCc2cc(C)c(C(C)OC)c(c2)N(C)C1COC. The molecule has 3 aromatic carbocycles. The van der Waals surface area contributed by atoms with E-state index >= 15 is 0 Å². The Balaban J connectivity index is 2.11. The van der Waals surface area contributed by atoms with Crippen LogP contribution in [0.1, 0.15) is 94.4 Å². The van der Waals surface area contributed by atoms with Gasteiger partial charge in [-0.15, -0.1) is 0 Å². The Labute approximate surface area is 249 Å². The highest BCUT2D eigenvalue weighted by atomic mass is 16.5. The number of methoxy groups -OCH3 is 2. The van der Waals surface area contributed by atoms with Gasteiger partial charge >= 0.3 is 0 Å². The summed E-state index contributed by atoms with van der Waals surface area (Å²) in [7, 11) is 5.90. The first kappa shape index (κ1) is 31.1. The quantitative estimate of drug-likeness (QED) is 0.272. The minimum atomic E-state index is -0.202. The fraction of sp³-hybridized carbons (Fsp3) is 0.474. The number of likely N-dealkylation sites (N-methyl/N-ethyl adjacent to an activating group) is 1. The van der Waals surface area contributed by atoms with Crippen LogP contribution < -0.4 is 4.90 Å². The van der Waals surface area contributed by atoms with Gasteiger partial charge in [0.15, 0.2) is 0 Å². The lowest BCUT2D eigenvalue weighted by Gasteiger charge is -2.48. The van der Waals surface area contributed by atoms with Crippen LogP contribution >= 0.6 is 0 Å². The van der Waals surface area contributed by atoms with Gasteiger partial charge in [0.05, 0.1) is 18.8 Å². The van der Waals surface area contributed by atoms with Crippen molar-refractivity contribution in [2.24, 2.45) is 0 Å². The Bertz CT molecular complexity index is 1460. The van der Waals surface area contributed by atoms with Gasteiger partial charge in [0.1, 0.15) is 0 Å². The zero-order valence-electron chi connectivity index (χ0n) is 27.3. The van der Waals surface area contributed by atoms with Crippen molar-refractivity contribution in [1.82, 2.24) is 0 Å². The third-order valence-corrected chi connectivity index (χ3v) is 9.41. The summed E-state index contributed by atoms with van der Waals surface area (Å²) in [5.74, 6) is 0. The van der Waals surface area contributed by atoms with Crippen molar-refractivity contribution in [3.05, 3.63) is 94.1 Å². The molecule has 41 heavy (non-hydrogen) atoms. The van der Waals surface area contributed by atoms with E-state index in [0.717, 1.165) is 12.8 Å². The number of allylic oxidation sites excluding steroid dienone is 4. The molecule has 3 unspecified atom stereocenters. The first-order valence-electron chi connectivity index (χ1n) is 15.1. The van der Waals surface area contributed by atoms with Gasteiger partial charge in [0.2, 0.25) is 0 Å². The molecule has 1 aliphatic heterocycles. The number of hydrogen-bond acceptors (Lipinski definition) is 3. The second-order valence-corrected chi connectivity index (χ2v) is 13.2. The number of aryl methyl sites for hydroxylation is 2. The molecule has 0 aliphatic carbocycles. The molecule has 2 bridgehead atoms.